The van der Waals surface area contributed by atoms with E-state index in [2.05, 4.69) is 30.9 Å². The summed E-state index contributed by atoms with van der Waals surface area (Å²) in [7, 11) is 1.59. The maximum absolute atomic E-state index is 13.7. The molecule has 0 N–H and O–H groups in total. The number of rotatable bonds is 5. The van der Waals surface area contributed by atoms with E-state index in [1.165, 1.54) is 22.3 Å². The van der Waals surface area contributed by atoms with E-state index in [0.717, 1.165) is 43.4 Å². The summed E-state index contributed by atoms with van der Waals surface area (Å²) in [6, 6.07) is 8.21. The topological polar surface area (TPSA) is 66.4 Å². The molecule has 1 unspecified atom stereocenters. The summed E-state index contributed by atoms with van der Waals surface area (Å²) in [5, 5.41) is 0. The fraction of sp³-hybridized carbons (Fsp3) is 0.548. The molecule has 6 atom stereocenters. The smallest absolute Gasteiger partial charge is 0.176 e. The monoisotopic (exact) mass is 504 g/mol. The van der Waals surface area contributed by atoms with E-state index >= 15 is 0 Å². The molecule has 0 amide bonds. The largest absolute Gasteiger partial charge is 0.612 e. The lowest BCUT2D eigenvalue weighted by Crippen LogP contribution is -2.51. The number of hydrogen-bond acceptors (Lipinski definition) is 4. The predicted octanol–water partition coefficient (Wildman–Crippen LogP) is 5.55. The summed E-state index contributed by atoms with van der Waals surface area (Å²) in [6.07, 6.45) is 9.54. The fourth-order valence-electron chi connectivity index (χ4n) is 8.08. The van der Waals surface area contributed by atoms with Gasteiger partial charge in [-0.3, -0.25) is 9.59 Å². The molecule has 1 aromatic rings. The molecule has 2 fully saturated rings. The Morgan fingerprint density at radius 2 is 1.94 bits per heavy atom. The molecule has 0 radical (unpaired) electrons. The molecule has 4 aliphatic carbocycles. The van der Waals surface area contributed by atoms with Gasteiger partial charge in [-0.15, -0.1) is 5.92 Å². The van der Waals surface area contributed by atoms with Crippen LogP contribution in [0.15, 0.2) is 52.0 Å². The maximum atomic E-state index is 13.7. The third kappa shape index (κ3) is 3.85. The van der Waals surface area contributed by atoms with E-state index in [9.17, 15) is 14.1 Å². The minimum absolute atomic E-state index is 0.0896. The second-order valence-electron chi connectivity index (χ2n) is 11.2. The van der Waals surface area contributed by atoms with E-state index in [0.29, 0.717) is 18.3 Å². The lowest BCUT2D eigenvalue weighted by molar-refractivity contribution is -0.136. The van der Waals surface area contributed by atoms with Crippen molar-refractivity contribution in [3.63, 3.8) is 0 Å². The Hall–Kier alpha value is -2.13. The lowest BCUT2D eigenvalue weighted by Gasteiger charge is -2.54. The summed E-state index contributed by atoms with van der Waals surface area (Å²) in [5.74, 6) is 7.82. The molecule has 0 saturated heterocycles. The normalized spacial score (nSPS) is 34.1. The number of carbonyl (C=O) groups excluding carboxylic acids is 2. The van der Waals surface area contributed by atoms with Gasteiger partial charge in [0.1, 0.15) is 12.9 Å². The van der Waals surface area contributed by atoms with Gasteiger partial charge in [-0.2, -0.15) is 0 Å². The second-order valence-corrected chi connectivity index (χ2v) is 12.6. The molecule has 0 bridgehead atoms. The maximum Gasteiger partial charge on any atom is 0.176 e. The molecule has 2 saturated carbocycles. The molecule has 0 aromatic heterocycles. The van der Waals surface area contributed by atoms with Gasteiger partial charge in [0.2, 0.25) is 0 Å². The summed E-state index contributed by atoms with van der Waals surface area (Å²) < 4.78 is 17.4. The minimum atomic E-state index is -1.03. The first-order chi connectivity index (χ1) is 17.3. The Bertz CT molecular complexity index is 1200. The molecule has 4 aliphatic rings. The van der Waals surface area contributed by atoms with Gasteiger partial charge in [0.25, 0.3) is 0 Å². The molecule has 0 spiro atoms. The number of methoxy groups -OCH3 is 1. The molecular weight excluding hydrogens is 468 g/mol. The highest BCUT2D eigenvalue weighted by molar-refractivity contribution is 7.90. The van der Waals surface area contributed by atoms with Gasteiger partial charge in [-0.25, -0.2) is 0 Å². The summed E-state index contributed by atoms with van der Waals surface area (Å²) in [5.41, 5.74) is 4.34. The Morgan fingerprint density at radius 3 is 2.61 bits per heavy atom. The van der Waals surface area contributed by atoms with Crippen molar-refractivity contribution in [3.8, 4) is 11.8 Å². The lowest BCUT2D eigenvalue weighted by atomic mass is 9.48. The van der Waals surface area contributed by atoms with Gasteiger partial charge in [0.05, 0.1) is 5.41 Å². The van der Waals surface area contributed by atoms with Crippen molar-refractivity contribution in [2.75, 3.05) is 20.0 Å². The van der Waals surface area contributed by atoms with Crippen LogP contribution in [0.4, 0.5) is 0 Å². The highest BCUT2D eigenvalue weighted by Gasteiger charge is 2.65. The van der Waals surface area contributed by atoms with Crippen molar-refractivity contribution in [2.45, 2.75) is 69.6 Å². The van der Waals surface area contributed by atoms with Gasteiger partial charge in [0, 0.05) is 19.4 Å². The zero-order valence-electron chi connectivity index (χ0n) is 21.8. The Kier molecular flexibility index (Phi) is 6.83. The van der Waals surface area contributed by atoms with Crippen molar-refractivity contribution in [3.05, 3.63) is 52.6 Å². The van der Waals surface area contributed by atoms with Crippen LogP contribution in [0.1, 0.15) is 70.3 Å². The Labute approximate surface area is 218 Å². The number of fused-ring (bicyclic) bond motifs is 4. The van der Waals surface area contributed by atoms with Crippen LogP contribution in [0, 0.1) is 34.5 Å². The zero-order valence-corrected chi connectivity index (χ0v) is 22.6. The number of benzene rings is 1. The average molecular weight is 505 g/mol. The summed E-state index contributed by atoms with van der Waals surface area (Å²) in [4.78, 5) is 26.8. The van der Waals surface area contributed by atoms with Gasteiger partial charge in [0.15, 0.2) is 16.5 Å². The average Bonchev–Trinajstić information content (AvgIpc) is 3.16. The highest BCUT2D eigenvalue weighted by atomic mass is 32.2. The quantitative estimate of drug-likeness (QED) is 0.390. The predicted molar refractivity (Wildman–Crippen MR) is 142 cm³/mol. The van der Waals surface area contributed by atoms with E-state index in [1.807, 2.05) is 25.1 Å². The molecule has 0 aliphatic heterocycles. The van der Waals surface area contributed by atoms with Crippen LogP contribution in [0.5, 0.6) is 0 Å². The summed E-state index contributed by atoms with van der Waals surface area (Å²) in [6.45, 7) is 4.24. The van der Waals surface area contributed by atoms with E-state index in [1.54, 1.807) is 13.4 Å². The first-order valence-corrected chi connectivity index (χ1v) is 14.7. The molecule has 36 heavy (non-hydrogen) atoms. The van der Waals surface area contributed by atoms with Gasteiger partial charge in [-0.1, -0.05) is 30.6 Å². The van der Waals surface area contributed by atoms with Crippen molar-refractivity contribution < 1.29 is 18.9 Å². The van der Waals surface area contributed by atoms with Crippen LogP contribution in [0.3, 0.4) is 0 Å². The minimum Gasteiger partial charge on any atom is -0.612 e. The molecule has 5 rings (SSSR count). The third-order valence-corrected chi connectivity index (χ3v) is 10.6. The van der Waals surface area contributed by atoms with Crippen molar-refractivity contribution in [2.24, 2.45) is 22.7 Å². The van der Waals surface area contributed by atoms with Crippen molar-refractivity contribution in [1.29, 1.82) is 0 Å². The van der Waals surface area contributed by atoms with Crippen molar-refractivity contribution >= 4 is 22.7 Å². The van der Waals surface area contributed by atoms with Crippen LogP contribution in [0.2, 0.25) is 0 Å². The van der Waals surface area contributed by atoms with Crippen LogP contribution in [-0.4, -0.2) is 36.1 Å². The molecule has 0 heterocycles. The van der Waals surface area contributed by atoms with E-state index in [-0.39, 0.29) is 29.5 Å². The highest BCUT2D eigenvalue weighted by Crippen LogP contribution is 2.69. The molecule has 190 valence electrons. The number of ketones is 2. The Morgan fingerprint density at radius 1 is 1.19 bits per heavy atom. The fourth-order valence-corrected chi connectivity index (χ4v) is 8.60. The van der Waals surface area contributed by atoms with E-state index in [4.69, 9.17) is 4.74 Å². The second kappa shape index (κ2) is 9.63. The zero-order chi connectivity index (χ0) is 25.7. The first-order valence-electron chi connectivity index (χ1n) is 13.1. The summed E-state index contributed by atoms with van der Waals surface area (Å²) >= 11 is -1.03. The van der Waals surface area contributed by atoms with Crippen LogP contribution < -0.4 is 0 Å². The molecular formula is C31H36O4S. The van der Waals surface area contributed by atoms with Crippen molar-refractivity contribution in [1.82, 2.24) is 0 Å². The third-order valence-electron chi connectivity index (χ3n) is 9.63. The number of hydrogen-bond donors (Lipinski definition) is 0. The number of Topliss-reactive ketones (excluding diaryl/α,β-unsaturated/α-hetero) is 1. The number of allylic oxidation sites excluding steroid dienone is 4. The first kappa shape index (κ1) is 25.5. The van der Waals surface area contributed by atoms with Crippen LogP contribution in [-0.2, 0) is 25.5 Å². The van der Waals surface area contributed by atoms with Gasteiger partial charge in [-0.05, 0) is 109 Å². The van der Waals surface area contributed by atoms with Crippen LogP contribution in [0.25, 0.3) is 0 Å². The Balaban J connectivity index is 1.68. The van der Waals surface area contributed by atoms with Crippen LogP contribution >= 0.6 is 0 Å². The van der Waals surface area contributed by atoms with Gasteiger partial charge < -0.3 is 9.29 Å². The number of ether oxygens (including phenoxy) is 1. The molecule has 4 nitrogen and oxygen atoms in total. The van der Waals surface area contributed by atoms with E-state index < -0.39 is 16.6 Å². The van der Waals surface area contributed by atoms with Gasteiger partial charge >= 0.3 is 0 Å². The number of carbonyl (C=O) groups is 2. The molecule has 5 heteroatoms. The standard InChI is InChI=1S/C31H36O4S/c1-5-15-31(28(33)19-35-3)16-14-27-25-12-8-21-17-22(32)9-13-24(21)29(25)26(18-30(27,31)2)20-6-10-23(11-7-20)36(4)34/h6-7,10-11,17,25-27H,8-9,12-14,16,18-19H2,1-4H3/t25-,26+,27-,30-,31+,36?/m0/s1. The SMILES string of the molecule is CC#C[C@]1(C(=O)COC)CC[C@H]2[C@@H]3CCC4=CC(=O)CCC4=C3[C@@H](c3ccc([S+](C)[O-])cc3)C[C@@]21C. The molecule has 1 aromatic carbocycles.